The molecule has 1 aromatic carbocycles. The highest BCUT2D eigenvalue weighted by Gasteiger charge is 2.63. The van der Waals surface area contributed by atoms with Gasteiger partial charge in [0.25, 0.3) is 0 Å². The van der Waals surface area contributed by atoms with Crippen molar-refractivity contribution in [2.24, 2.45) is 4.99 Å². The molecule has 14 nitrogen and oxygen atoms in total. The summed E-state index contributed by atoms with van der Waals surface area (Å²) in [5.41, 5.74) is 16.0. The summed E-state index contributed by atoms with van der Waals surface area (Å²) in [7, 11) is 0. The average molecular weight is 750 g/mol. The van der Waals surface area contributed by atoms with E-state index in [2.05, 4.69) is 21.2 Å². The first kappa shape index (κ1) is 36.4. The number of nitrogens with zero attached hydrogens (tertiary/aromatic N) is 3. The maximum Gasteiger partial charge on any atom is 0.341 e. The Labute approximate surface area is 317 Å². The Hall–Kier alpha value is -5.57. The van der Waals surface area contributed by atoms with E-state index in [1.165, 1.54) is 11.0 Å². The fourth-order valence-corrected chi connectivity index (χ4v) is 7.97. The van der Waals surface area contributed by atoms with Crippen molar-refractivity contribution in [3.8, 4) is 22.8 Å². The third-order valence-corrected chi connectivity index (χ3v) is 10.9. The summed E-state index contributed by atoms with van der Waals surface area (Å²) < 4.78 is 24.4. The number of pyridine rings is 2. The number of hydrogen-bond acceptors (Lipinski definition) is 13. The van der Waals surface area contributed by atoms with Gasteiger partial charge in [0, 0.05) is 42.5 Å². The lowest BCUT2D eigenvalue weighted by Gasteiger charge is -2.39. The number of quaternary nitrogens is 1. The summed E-state index contributed by atoms with van der Waals surface area (Å²) in [6.45, 7) is 6.68. The third kappa shape index (κ3) is 7.08. The first-order chi connectivity index (χ1) is 26.3. The molecule has 55 heavy (non-hydrogen) atoms. The molecule has 1 saturated heterocycles. The average Bonchev–Trinajstić information content (AvgIpc) is 3.43. The minimum atomic E-state index is -1.21. The molecule has 0 amide bonds. The Morgan fingerprint density at radius 1 is 1.09 bits per heavy atom. The molecule has 0 bridgehead atoms. The molecule has 4 aliphatic rings. The summed E-state index contributed by atoms with van der Waals surface area (Å²) in [5.74, 6) is 0.723. The number of epoxide rings is 1. The maximum atomic E-state index is 14.1. The predicted molar refractivity (Wildman–Crippen MR) is 205 cm³/mol. The highest BCUT2D eigenvalue weighted by molar-refractivity contribution is 6.06. The number of allylic oxidation sites excluding steroid dienone is 1. The Morgan fingerprint density at radius 3 is 2.71 bits per heavy atom. The van der Waals surface area contributed by atoms with E-state index in [-0.39, 0.29) is 35.2 Å². The van der Waals surface area contributed by atoms with Crippen molar-refractivity contribution in [2.75, 3.05) is 24.6 Å². The number of ether oxygens (including phenoxy) is 3. The van der Waals surface area contributed by atoms with E-state index in [1.807, 2.05) is 30.5 Å². The van der Waals surface area contributed by atoms with Gasteiger partial charge in [0.15, 0.2) is 11.0 Å². The lowest BCUT2D eigenvalue weighted by molar-refractivity contribution is -0.848. The standard InChI is InChI=1S/C41H44N6O8/c1-22-12-30(49)37-32(52-22)18-31-27(38(37)50)17-34(40(2,3)54-31)53-39(51)41(9-4-5-11-48)33(55-41)7-6-23-13-28(46-35(42)14-23)25-15-26(45-36(43)16-25)20-47-19-24-8-10-44-29(24)21-47/h8,10,12-16,18-19,33-34,48,50H,4-7,9,11,17,20-21H2,1-3H3,(H2,42,46)(H2,43,45)/p+1/t33-,34-,41-/m1/s1. The van der Waals surface area contributed by atoms with Crippen molar-refractivity contribution in [2.45, 2.75) is 89.3 Å². The van der Waals surface area contributed by atoms with E-state index >= 15 is 0 Å². The van der Waals surface area contributed by atoms with Gasteiger partial charge in [0.2, 0.25) is 0 Å². The molecule has 0 radical (unpaired) electrons. The Bertz CT molecular complexity index is 2370. The molecule has 0 spiro atoms. The van der Waals surface area contributed by atoms with Gasteiger partial charge in [-0.3, -0.25) is 14.7 Å². The number of nitrogens with one attached hydrogen (secondary N) is 1. The quantitative estimate of drug-likeness (QED) is 0.0803. The molecule has 7 heterocycles. The summed E-state index contributed by atoms with van der Waals surface area (Å²) in [4.78, 5) is 41.7. The number of nitrogen functional groups attached to an aromatic ring is 2. The number of phenols is 1. The monoisotopic (exact) mass is 749 g/mol. The fourth-order valence-electron chi connectivity index (χ4n) is 7.97. The number of aryl methyl sites for hydroxylation is 2. The second-order valence-electron chi connectivity index (χ2n) is 15.4. The van der Waals surface area contributed by atoms with Crippen molar-refractivity contribution in [3.05, 3.63) is 93.3 Å². The van der Waals surface area contributed by atoms with Gasteiger partial charge in [-0.05, 0) is 88.8 Å². The summed E-state index contributed by atoms with van der Waals surface area (Å²) in [6.07, 6.45) is 7.32. The summed E-state index contributed by atoms with van der Waals surface area (Å²) >= 11 is 0. The predicted octanol–water partition coefficient (Wildman–Crippen LogP) is 3.24. The van der Waals surface area contributed by atoms with Crippen LogP contribution in [0.15, 0.2) is 74.7 Å². The second-order valence-corrected chi connectivity index (χ2v) is 15.4. The number of aliphatic hydroxyl groups excluding tert-OH is 1. The van der Waals surface area contributed by atoms with Gasteiger partial charge < -0.3 is 40.3 Å². The zero-order valence-electron chi connectivity index (χ0n) is 31.1. The van der Waals surface area contributed by atoms with Crippen molar-refractivity contribution >= 4 is 34.3 Å². The topological polar surface area (TPSA) is 213 Å². The van der Waals surface area contributed by atoms with Crippen molar-refractivity contribution in [1.29, 1.82) is 0 Å². The van der Waals surface area contributed by atoms with Crippen LogP contribution in [0.5, 0.6) is 11.5 Å². The zero-order valence-corrected chi connectivity index (χ0v) is 31.1. The number of fused-ring (bicyclic) bond motifs is 3. The Kier molecular flexibility index (Phi) is 9.22. The number of benzene rings is 1. The number of aliphatic hydroxyl groups is 1. The van der Waals surface area contributed by atoms with Crippen LogP contribution < -0.4 is 26.5 Å². The molecular weight excluding hydrogens is 704 g/mol. The Balaban J connectivity index is 0.976. The molecule has 14 heteroatoms. The second kappa shape index (κ2) is 13.9. The van der Waals surface area contributed by atoms with Crippen LogP contribution in [0.4, 0.5) is 11.6 Å². The molecule has 7 N–H and O–H groups in total. The third-order valence-electron chi connectivity index (χ3n) is 10.9. The number of carbonyl (C=O) groups is 1. The molecule has 4 aromatic rings. The first-order valence-electron chi connectivity index (χ1n) is 18.6. The number of esters is 1. The molecule has 1 fully saturated rings. The van der Waals surface area contributed by atoms with E-state index in [1.54, 1.807) is 32.9 Å². The molecular formula is C41H45N6O8+. The highest BCUT2D eigenvalue weighted by Crippen LogP contribution is 2.47. The molecule has 1 unspecified atom stereocenters. The van der Waals surface area contributed by atoms with Gasteiger partial charge in [-0.1, -0.05) is 0 Å². The van der Waals surface area contributed by atoms with Crippen LogP contribution in [0.25, 0.3) is 22.2 Å². The number of aliphatic imine (C=N–C) groups is 1. The number of carbonyl (C=O) groups excluding carboxylic acids is 1. The van der Waals surface area contributed by atoms with E-state index in [9.17, 15) is 19.8 Å². The van der Waals surface area contributed by atoms with Crippen LogP contribution in [-0.4, -0.2) is 68.4 Å². The van der Waals surface area contributed by atoms with Gasteiger partial charge in [0.05, 0.1) is 23.1 Å². The van der Waals surface area contributed by atoms with Crippen LogP contribution in [-0.2, 0) is 33.7 Å². The molecule has 286 valence electrons. The smallest absolute Gasteiger partial charge is 0.341 e. The molecule has 3 aromatic heterocycles. The van der Waals surface area contributed by atoms with E-state index < -0.39 is 29.4 Å². The number of hydrogen-bond donors (Lipinski definition) is 5. The van der Waals surface area contributed by atoms with Crippen molar-refractivity contribution < 1.29 is 38.5 Å². The van der Waals surface area contributed by atoms with Gasteiger partial charge in [-0.15, -0.1) is 0 Å². The van der Waals surface area contributed by atoms with Crippen LogP contribution in [0.1, 0.15) is 62.1 Å². The number of aromatic hydroxyl groups is 1. The van der Waals surface area contributed by atoms with Gasteiger partial charge >= 0.3 is 5.97 Å². The summed E-state index contributed by atoms with van der Waals surface area (Å²) in [5, 5.41) is 20.8. The molecule has 0 saturated carbocycles. The van der Waals surface area contributed by atoms with E-state index in [0.717, 1.165) is 34.7 Å². The van der Waals surface area contributed by atoms with Gasteiger partial charge in [-0.25, -0.2) is 14.8 Å². The maximum absolute atomic E-state index is 14.1. The zero-order chi connectivity index (χ0) is 38.6. The molecule has 4 atom stereocenters. The number of anilines is 2. The van der Waals surface area contributed by atoms with Crippen molar-refractivity contribution in [3.63, 3.8) is 0 Å². The Morgan fingerprint density at radius 2 is 1.91 bits per heavy atom. The minimum Gasteiger partial charge on any atom is -0.507 e. The fraction of sp³-hybridized carbons (Fsp3) is 0.390. The minimum absolute atomic E-state index is 0.0131. The van der Waals surface area contributed by atoms with Crippen LogP contribution in [0.2, 0.25) is 0 Å². The molecule has 0 aliphatic carbocycles. The number of phenolic OH excluding ortho intramolecular Hbond substituents is 1. The lowest BCUT2D eigenvalue weighted by Crippen LogP contribution is -3.05. The van der Waals surface area contributed by atoms with Gasteiger partial charge in [0.1, 0.15) is 76.6 Å². The highest BCUT2D eigenvalue weighted by atomic mass is 16.7. The number of aromatic nitrogens is 2. The van der Waals surface area contributed by atoms with Crippen molar-refractivity contribution in [1.82, 2.24) is 9.97 Å². The molecule has 4 aliphatic heterocycles. The van der Waals surface area contributed by atoms with E-state index in [4.69, 9.17) is 30.1 Å². The normalized spacial score (nSPS) is 23.2. The van der Waals surface area contributed by atoms with Gasteiger partial charge in [-0.2, -0.15) is 0 Å². The van der Waals surface area contributed by atoms with E-state index in [0.29, 0.717) is 73.1 Å². The summed E-state index contributed by atoms with van der Waals surface area (Å²) in [6, 6.07) is 10.5. The van der Waals surface area contributed by atoms with Crippen LogP contribution >= 0.6 is 0 Å². The number of unbranched alkanes of at least 4 members (excludes halogenated alkanes) is 1. The largest absolute Gasteiger partial charge is 0.507 e. The van der Waals surface area contributed by atoms with Crippen LogP contribution in [0.3, 0.4) is 0 Å². The lowest BCUT2D eigenvalue weighted by atomic mass is 9.89. The number of nitrogens with two attached hydrogens (primary N) is 2. The first-order valence-corrected chi connectivity index (χ1v) is 18.6. The van der Waals surface area contributed by atoms with Crippen LogP contribution in [0, 0.1) is 6.92 Å². The number of rotatable bonds is 12. The SMILES string of the molecule is Cc1cc(=O)c2c(O)c3c(cc2o1)OC(C)(C)[C@H](OC(=O)[C@]1(CCCCO)O[C@@H]1CCc1cc(N)nc(-c2cc(N)nc(C[NH+]4C=C5C=CN=C5C4)c2)c1)C3. The molecule has 8 rings (SSSR count).